The summed E-state index contributed by atoms with van der Waals surface area (Å²) in [6.45, 7) is 5.31. The molecule has 1 N–H and O–H groups in total. The molecular formula is C17H30N4O4. The molecule has 2 unspecified atom stereocenters. The van der Waals surface area contributed by atoms with Crippen LogP contribution in [0.15, 0.2) is 0 Å². The smallest absolute Gasteiger partial charge is 0.316 e. The summed E-state index contributed by atoms with van der Waals surface area (Å²) in [5, 5.41) is 13.6. The molecule has 1 aliphatic carbocycles. The SMILES string of the molecule is CN1CCN(C2CCC(CNC(=O)C3CCC([N+](=O)[O-])O3)CC2)CC1. The van der Waals surface area contributed by atoms with Crippen LogP contribution < -0.4 is 5.32 Å². The molecule has 3 rings (SSSR count). The van der Waals surface area contributed by atoms with Crippen LogP contribution in [0.1, 0.15) is 38.5 Å². The van der Waals surface area contributed by atoms with Gasteiger partial charge in [0.15, 0.2) is 0 Å². The monoisotopic (exact) mass is 354 g/mol. The van der Waals surface area contributed by atoms with Crippen LogP contribution in [0.3, 0.4) is 0 Å². The highest BCUT2D eigenvalue weighted by Crippen LogP contribution is 2.28. The van der Waals surface area contributed by atoms with Gasteiger partial charge in [0.05, 0.1) is 4.92 Å². The molecule has 3 aliphatic rings. The maximum absolute atomic E-state index is 12.1. The fourth-order valence-corrected chi connectivity index (χ4v) is 4.23. The second-order valence-corrected chi connectivity index (χ2v) is 7.70. The molecule has 25 heavy (non-hydrogen) atoms. The summed E-state index contributed by atoms with van der Waals surface area (Å²) in [6, 6.07) is 0.694. The number of nitrogens with one attached hydrogen (secondary N) is 1. The van der Waals surface area contributed by atoms with E-state index in [1.165, 1.54) is 25.9 Å². The van der Waals surface area contributed by atoms with Crippen LogP contribution in [0.25, 0.3) is 0 Å². The van der Waals surface area contributed by atoms with Crippen molar-refractivity contribution < 1.29 is 14.5 Å². The van der Waals surface area contributed by atoms with E-state index in [1.54, 1.807) is 0 Å². The van der Waals surface area contributed by atoms with Crippen molar-refractivity contribution in [2.45, 2.75) is 56.9 Å². The number of likely N-dealkylation sites (N-methyl/N-ethyl adjacent to an activating group) is 1. The lowest BCUT2D eigenvalue weighted by Crippen LogP contribution is -2.50. The zero-order valence-electron chi connectivity index (χ0n) is 15.1. The summed E-state index contributed by atoms with van der Waals surface area (Å²) >= 11 is 0. The number of amides is 1. The molecule has 0 aromatic carbocycles. The van der Waals surface area contributed by atoms with Crippen molar-refractivity contribution in [1.82, 2.24) is 15.1 Å². The quantitative estimate of drug-likeness (QED) is 0.577. The third-order valence-corrected chi connectivity index (χ3v) is 5.96. The van der Waals surface area contributed by atoms with Gasteiger partial charge in [-0.15, -0.1) is 0 Å². The Morgan fingerprint density at radius 2 is 1.80 bits per heavy atom. The van der Waals surface area contributed by atoms with Crippen molar-refractivity contribution in [3.05, 3.63) is 10.1 Å². The molecular weight excluding hydrogens is 324 g/mol. The predicted octanol–water partition coefficient (Wildman–Crippen LogP) is 0.691. The van der Waals surface area contributed by atoms with E-state index in [2.05, 4.69) is 22.2 Å². The minimum Gasteiger partial charge on any atom is -0.354 e. The Balaban J connectivity index is 1.34. The van der Waals surface area contributed by atoms with E-state index in [4.69, 9.17) is 4.74 Å². The average Bonchev–Trinajstić information content (AvgIpc) is 3.11. The van der Waals surface area contributed by atoms with Gasteiger partial charge in [-0.2, -0.15) is 0 Å². The molecule has 2 atom stereocenters. The highest BCUT2D eigenvalue weighted by atomic mass is 16.7. The largest absolute Gasteiger partial charge is 0.354 e. The minimum absolute atomic E-state index is 0.189. The van der Waals surface area contributed by atoms with Crippen LogP contribution >= 0.6 is 0 Å². The molecule has 0 spiro atoms. The van der Waals surface area contributed by atoms with E-state index in [9.17, 15) is 14.9 Å². The first-order chi connectivity index (χ1) is 12.0. The second-order valence-electron chi connectivity index (χ2n) is 7.70. The van der Waals surface area contributed by atoms with Gasteiger partial charge in [-0.3, -0.25) is 19.8 Å². The van der Waals surface area contributed by atoms with Crippen molar-refractivity contribution in [2.75, 3.05) is 39.8 Å². The molecule has 8 heteroatoms. The van der Waals surface area contributed by atoms with Crippen molar-refractivity contribution >= 4 is 5.91 Å². The highest BCUT2D eigenvalue weighted by molar-refractivity contribution is 5.80. The molecule has 8 nitrogen and oxygen atoms in total. The van der Waals surface area contributed by atoms with Crippen molar-refractivity contribution in [3.8, 4) is 0 Å². The van der Waals surface area contributed by atoms with E-state index in [-0.39, 0.29) is 5.91 Å². The molecule has 2 saturated heterocycles. The first-order valence-corrected chi connectivity index (χ1v) is 9.52. The van der Waals surface area contributed by atoms with Gasteiger partial charge in [0.25, 0.3) is 0 Å². The van der Waals surface area contributed by atoms with Gasteiger partial charge in [0.1, 0.15) is 6.10 Å². The van der Waals surface area contributed by atoms with Crippen molar-refractivity contribution in [1.29, 1.82) is 0 Å². The van der Waals surface area contributed by atoms with Gasteiger partial charge in [0.2, 0.25) is 5.91 Å². The summed E-state index contributed by atoms with van der Waals surface area (Å²) < 4.78 is 5.21. The molecule has 2 heterocycles. The summed E-state index contributed by atoms with van der Waals surface area (Å²) in [7, 11) is 2.18. The molecule has 1 saturated carbocycles. The number of carbonyl (C=O) groups is 1. The highest BCUT2D eigenvalue weighted by Gasteiger charge is 2.37. The Kier molecular flexibility index (Phi) is 6.24. The standard InChI is InChI=1S/C17H30N4O4/c1-19-8-10-20(11-9-19)14-4-2-13(3-5-14)12-18-17(22)15-6-7-16(25-15)21(23)24/h13-16H,2-12H2,1H3,(H,18,22). The summed E-state index contributed by atoms with van der Waals surface area (Å²) in [5.74, 6) is 0.325. The van der Waals surface area contributed by atoms with Gasteiger partial charge >= 0.3 is 6.23 Å². The van der Waals surface area contributed by atoms with Gasteiger partial charge in [-0.1, -0.05) is 0 Å². The first kappa shape index (κ1) is 18.5. The van der Waals surface area contributed by atoms with Crippen LogP contribution in [-0.2, 0) is 9.53 Å². The summed E-state index contributed by atoms with van der Waals surface area (Å²) in [6.07, 6.45) is 3.77. The number of carbonyl (C=O) groups excluding carboxylic acids is 1. The minimum atomic E-state index is -1.02. The third kappa shape index (κ3) is 4.89. The number of piperazine rings is 1. The molecule has 0 radical (unpaired) electrons. The number of hydrogen-bond acceptors (Lipinski definition) is 6. The summed E-state index contributed by atoms with van der Waals surface area (Å²) in [5.41, 5.74) is 0. The number of nitro groups is 1. The lowest BCUT2D eigenvalue weighted by Gasteiger charge is -2.41. The summed E-state index contributed by atoms with van der Waals surface area (Å²) in [4.78, 5) is 27.4. The Morgan fingerprint density at radius 1 is 1.12 bits per heavy atom. The molecule has 0 aromatic heterocycles. The van der Waals surface area contributed by atoms with Crippen LogP contribution in [0.4, 0.5) is 0 Å². The Hall–Kier alpha value is -1.25. The van der Waals surface area contributed by atoms with Crippen LogP contribution in [-0.4, -0.2) is 78.8 Å². The molecule has 0 bridgehead atoms. The Bertz CT molecular complexity index is 473. The first-order valence-electron chi connectivity index (χ1n) is 9.52. The second kappa shape index (κ2) is 8.42. The number of ether oxygens (including phenoxy) is 1. The fourth-order valence-electron chi connectivity index (χ4n) is 4.23. The molecule has 3 fully saturated rings. The Morgan fingerprint density at radius 3 is 2.40 bits per heavy atom. The lowest BCUT2D eigenvalue weighted by atomic mass is 9.85. The van der Waals surface area contributed by atoms with E-state index < -0.39 is 17.3 Å². The molecule has 1 amide bonds. The molecule has 2 aliphatic heterocycles. The van der Waals surface area contributed by atoms with Gasteiger partial charge in [0, 0.05) is 45.2 Å². The number of hydrogen-bond donors (Lipinski definition) is 1. The average molecular weight is 354 g/mol. The normalized spacial score (nSPS) is 34.8. The van der Waals surface area contributed by atoms with Gasteiger partial charge in [-0.05, 0) is 45.1 Å². The van der Waals surface area contributed by atoms with Crippen LogP contribution in [0, 0.1) is 16.0 Å². The van der Waals surface area contributed by atoms with Gasteiger partial charge < -0.3 is 15.0 Å². The van der Waals surface area contributed by atoms with E-state index in [1.807, 2.05) is 0 Å². The van der Waals surface area contributed by atoms with E-state index in [0.29, 0.717) is 31.3 Å². The maximum atomic E-state index is 12.1. The fraction of sp³-hybridized carbons (Fsp3) is 0.941. The molecule has 142 valence electrons. The number of rotatable bonds is 5. The zero-order valence-corrected chi connectivity index (χ0v) is 15.1. The number of nitrogens with zero attached hydrogens (tertiary/aromatic N) is 3. The maximum Gasteiger partial charge on any atom is 0.316 e. The van der Waals surface area contributed by atoms with E-state index in [0.717, 1.165) is 25.9 Å². The van der Waals surface area contributed by atoms with E-state index >= 15 is 0 Å². The zero-order chi connectivity index (χ0) is 17.8. The van der Waals surface area contributed by atoms with Crippen LogP contribution in [0.5, 0.6) is 0 Å². The van der Waals surface area contributed by atoms with Crippen molar-refractivity contribution in [2.24, 2.45) is 5.92 Å². The van der Waals surface area contributed by atoms with Gasteiger partial charge in [-0.25, -0.2) is 0 Å². The molecule has 0 aromatic rings. The topological polar surface area (TPSA) is 88.0 Å². The lowest BCUT2D eigenvalue weighted by molar-refractivity contribution is -0.570. The van der Waals surface area contributed by atoms with Crippen LogP contribution in [0.2, 0.25) is 0 Å². The Labute approximate surface area is 149 Å². The third-order valence-electron chi connectivity index (χ3n) is 5.96. The van der Waals surface area contributed by atoms with Crippen molar-refractivity contribution in [3.63, 3.8) is 0 Å². The predicted molar refractivity (Wildman–Crippen MR) is 92.7 cm³/mol.